The summed E-state index contributed by atoms with van der Waals surface area (Å²) in [7, 11) is 0. The molecule has 1 aromatic carbocycles. The van der Waals surface area contributed by atoms with Gasteiger partial charge in [0.1, 0.15) is 0 Å². The predicted octanol–water partition coefficient (Wildman–Crippen LogP) is 3.78. The Labute approximate surface area is 96.9 Å². The molecule has 0 amide bonds. The fraction of sp³-hybridized carbons (Fsp3) is 0.357. The van der Waals surface area contributed by atoms with E-state index >= 15 is 0 Å². The van der Waals surface area contributed by atoms with Crippen molar-refractivity contribution in [1.29, 1.82) is 0 Å². The van der Waals surface area contributed by atoms with Gasteiger partial charge in [0, 0.05) is 12.4 Å². The van der Waals surface area contributed by atoms with Crippen LogP contribution in [0.15, 0.2) is 42.7 Å². The number of benzene rings is 1. The second-order valence-electron chi connectivity index (χ2n) is 4.23. The summed E-state index contributed by atoms with van der Waals surface area (Å²) in [5.74, 6) is 0.650. The van der Waals surface area contributed by atoms with Crippen molar-refractivity contribution in [2.45, 2.75) is 32.6 Å². The molecule has 0 saturated carbocycles. The van der Waals surface area contributed by atoms with Gasteiger partial charge in [-0.2, -0.15) is 5.10 Å². The van der Waals surface area contributed by atoms with Crippen molar-refractivity contribution in [3.05, 3.63) is 48.3 Å². The molecule has 1 atom stereocenters. The SMILES string of the molecule is CCCC(C)c1ccc(-n2cccn2)cc1. The summed E-state index contributed by atoms with van der Waals surface area (Å²) in [6, 6.07) is 10.6. The average molecular weight is 214 g/mol. The van der Waals surface area contributed by atoms with Crippen molar-refractivity contribution in [2.75, 3.05) is 0 Å². The van der Waals surface area contributed by atoms with Gasteiger partial charge in [-0.1, -0.05) is 32.4 Å². The summed E-state index contributed by atoms with van der Waals surface area (Å²) < 4.78 is 1.88. The van der Waals surface area contributed by atoms with Crippen LogP contribution in [0.3, 0.4) is 0 Å². The summed E-state index contributed by atoms with van der Waals surface area (Å²) in [4.78, 5) is 0. The maximum absolute atomic E-state index is 4.21. The first-order valence-corrected chi connectivity index (χ1v) is 5.91. The molecule has 2 aromatic rings. The molecule has 0 saturated heterocycles. The zero-order valence-corrected chi connectivity index (χ0v) is 9.93. The van der Waals surface area contributed by atoms with E-state index in [1.165, 1.54) is 18.4 Å². The summed E-state index contributed by atoms with van der Waals surface area (Å²) in [5.41, 5.74) is 2.54. The first-order chi connectivity index (χ1) is 7.81. The largest absolute Gasteiger partial charge is 0.241 e. The number of hydrogen-bond acceptors (Lipinski definition) is 1. The Bertz CT molecular complexity index is 415. The van der Waals surface area contributed by atoms with Crippen LogP contribution in [0.1, 0.15) is 38.2 Å². The van der Waals surface area contributed by atoms with Gasteiger partial charge in [0.2, 0.25) is 0 Å². The minimum atomic E-state index is 0.650. The van der Waals surface area contributed by atoms with Crippen molar-refractivity contribution in [3.63, 3.8) is 0 Å². The van der Waals surface area contributed by atoms with Crippen molar-refractivity contribution in [1.82, 2.24) is 9.78 Å². The van der Waals surface area contributed by atoms with Gasteiger partial charge in [-0.3, -0.25) is 0 Å². The van der Waals surface area contributed by atoms with E-state index in [1.54, 1.807) is 6.20 Å². The molecule has 2 nitrogen and oxygen atoms in total. The van der Waals surface area contributed by atoms with Crippen LogP contribution in [-0.4, -0.2) is 9.78 Å². The number of hydrogen-bond donors (Lipinski definition) is 0. The van der Waals surface area contributed by atoms with Gasteiger partial charge in [0.25, 0.3) is 0 Å². The lowest BCUT2D eigenvalue weighted by Crippen LogP contribution is -1.96. The van der Waals surface area contributed by atoms with Gasteiger partial charge in [0.05, 0.1) is 5.69 Å². The third-order valence-electron chi connectivity index (χ3n) is 2.95. The summed E-state index contributed by atoms with van der Waals surface area (Å²) in [6.45, 7) is 4.51. The molecule has 16 heavy (non-hydrogen) atoms. The van der Waals surface area contributed by atoms with Gasteiger partial charge < -0.3 is 0 Å². The quantitative estimate of drug-likeness (QED) is 0.757. The molecule has 1 aromatic heterocycles. The Balaban J connectivity index is 2.16. The highest BCUT2D eigenvalue weighted by Gasteiger charge is 2.04. The fourth-order valence-corrected chi connectivity index (χ4v) is 1.98. The van der Waals surface area contributed by atoms with E-state index in [1.807, 2.05) is 16.9 Å². The molecule has 2 heteroatoms. The first kappa shape index (κ1) is 10.9. The molecule has 84 valence electrons. The average Bonchev–Trinajstić information content (AvgIpc) is 2.83. The normalized spacial score (nSPS) is 12.6. The highest BCUT2D eigenvalue weighted by atomic mass is 15.3. The minimum absolute atomic E-state index is 0.650. The maximum atomic E-state index is 4.21. The molecule has 0 aliphatic heterocycles. The van der Waals surface area contributed by atoms with Crippen LogP contribution in [0.25, 0.3) is 5.69 Å². The Morgan fingerprint density at radius 2 is 2.00 bits per heavy atom. The summed E-state index contributed by atoms with van der Waals surface area (Å²) in [6.07, 6.45) is 6.25. The number of rotatable bonds is 4. The van der Waals surface area contributed by atoms with Crippen LogP contribution in [0.4, 0.5) is 0 Å². The van der Waals surface area contributed by atoms with Gasteiger partial charge in [-0.05, 0) is 36.1 Å². The van der Waals surface area contributed by atoms with E-state index in [2.05, 4.69) is 43.2 Å². The molecular weight excluding hydrogens is 196 g/mol. The topological polar surface area (TPSA) is 17.8 Å². The van der Waals surface area contributed by atoms with Crippen molar-refractivity contribution in [2.24, 2.45) is 0 Å². The van der Waals surface area contributed by atoms with Crippen LogP contribution in [0.5, 0.6) is 0 Å². The van der Waals surface area contributed by atoms with Crippen molar-refractivity contribution < 1.29 is 0 Å². The highest BCUT2D eigenvalue weighted by Crippen LogP contribution is 2.21. The second kappa shape index (κ2) is 4.97. The van der Waals surface area contributed by atoms with Crippen LogP contribution in [-0.2, 0) is 0 Å². The van der Waals surface area contributed by atoms with Gasteiger partial charge in [-0.15, -0.1) is 0 Å². The molecule has 0 fully saturated rings. The standard InChI is InChI=1S/C14H18N2/c1-3-5-12(2)13-6-8-14(9-7-13)16-11-4-10-15-16/h4,6-12H,3,5H2,1-2H3. The predicted molar refractivity (Wildman–Crippen MR) is 66.9 cm³/mol. The van der Waals surface area contributed by atoms with Gasteiger partial charge in [-0.25, -0.2) is 4.68 Å². The number of aromatic nitrogens is 2. The van der Waals surface area contributed by atoms with Crippen molar-refractivity contribution in [3.8, 4) is 5.69 Å². The lowest BCUT2D eigenvalue weighted by Gasteiger charge is -2.11. The van der Waals surface area contributed by atoms with E-state index in [-0.39, 0.29) is 0 Å². The minimum Gasteiger partial charge on any atom is -0.241 e. The van der Waals surface area contributed by atoms with E-state index in [4.69, 9.17) is 0 Å². The maximum Gasteiger partial charge on any atom is 0.0645 e. The van der Waals surface area contributed by atoms with Crippen LogP contribution in [0.2, 0.25) is 0 Å². The van der Waals surface area contributed by atoms with E-state index in [9.17, 15) is 0 Å². The van der Waals surface area contributed by atoms with Gasteiger partial charge >= 0.3 is 0 Å². The molecule has 1 heterocycles. The highest BCUT2D eigenvalue weighted by molar-refractivity contribution is 5.34. The molecule has 0 bridgehead atoms. The van der Waals surface area contributed by atoms with Crippen LogP contribution >= 0.6 is 0 Å². The van der Waals surface area contributed by atoms with E-state index in [0.29, 0.717) is 5.92 Å². The third-order valence-corrected chi connectivity index (χ3v) is 2.95. The fourth-order valence-electron chi connectivity index (χ4n) is 1.98. The summed E-state index contributed by atoms with van der Waals surface area (Å²) >= 11 is 0. The Morgan fingerprint density at radius 1 is 1.25 bits per heavy atom. The smallest absolute Gasteiger partial charge is 0.0645 e. The molecule has 0 aliphatic rings. The summed E-state index contributed by atoms with van der Waals surface area (Å²) in [5, 5.41) is 4.21. The lowest BCUT2D eigenvalue weighted by atomic mass is 9.96. The zero-order valence-electron chi connectivity index (χ0n) is 9.93. The van der Waals surface area contributed by atoms with Crippen LogP contribution < -0.4 is 0 Å². The first-order valence-electron chi connectivity index (χ1n) is 5.91. The lowest BCUT2D eigenvalue weighted by molar-refractivity contribution is 0.664. The second-order valence-corrected chi connectivity index (χ2v) is 4.23. The third kappa shape index (κ3) is 2.32. The van der Waals surface area contributed by atoms with Gasteiger partial charge in [0.15, 0.2) is 0 Å². The molecule has 0 radical (unpaired) electrons. The Morgan fingerprint density at radius 3 is 2.56 bits per heavy atom. The zero-order chi connectivity index (χ0) is 11.4. The number of nitrogens with zero attached hydrogens (tertiary/aromatic N) is 2. The van der Waals surface area contributed by atoms with E-state index in [0.717, 1.165) is 5.69 Å². The Hall–Kier alpha value is -1.57. The molecule has 0 aliphatic carbocycles. The molecule has 0 spiro atoms. The molecule has 2 rings (SSSR count). The van der Waals surface area contributed by atoms with Crippen molar-refractivity contribution >= 4 is 0 Å². The molecule has 0 N–H and O–H groups in total. The molecular formula is C14H18N2. The Kier molecular flexibility index (Phi) is 3.40. The monoisotopic (exact) mass is 214 g/mol. The van der Waals surface area contributed by atoms with Crippen LogP contribution in [0, 0.1) is 0 Å². The molecule has 1 unspecified atom stereocenters. The van der Waals surface area contributed by atoms with E-state index < -0.39 is 0 Å².